The molecule has 17 nitrogen and oxygen atoms in total. The quantitative estimate of drug-likeness (QED) is 0.0813. The summed E-state index contributed by atoms with van der Waals surface area (Å²) in [5.74, 6) is 1.15. The van der Waals surface area contributed by atoms with Gasteiger partial charge in [0.05, 0.1) is 92.9 Å². The number of benzene rings is 4. The number of fused-ring (bicyclic) bond motifs is 8. The summed E-state index contributed by atoms with van der Waals surface area (Å²) in [5, 5.41) is 14.2. The number of aliphatic hydroxyl groups excluding tert-OH is 1. The van der Waals surface area contributed by atoms with Crippen LogP contribution in [0.2, 0.25) is 0 Å². The highest BCUT2D eigenvalue weighted by Crippen LogP contribution is 2.44. The number of methoxy groups -OCH3 is 2. The molecule has 4 aromatic rings. The lowest BCUT2D eigenvalue weighted by atomic mass is 9.88. The Morgan fingerprint density at radius 2 is 1.52 bits per heavy atom. The summed E-state index contributed by atoms with van der Waals surface area (Å²) >= 11 is 0. The van der Waals surface area contributed by atoms with Gasteiger partial charge in [0.15, 0.2) is 29.2 Å². The van der Waals surface area contributed by atoms with Crippen molar-refractivity contribution in [2.24, 2.45) is 10.4 Å². The second-order valence-corrected chi connectivity index (χ2v) is 19.4. The molecule has 5 heterocycles. The molecule has 17 heteroatoms. The molecule has 3 amide bonds. The number of nitrogens with one attached hydrogen (secondary N) is 1. The lowest BCUT2D eigenvalue weighted by molar-refractivity contribution is -0.221. The van der Waals surface area contributed by atoms with Crippen molar-refractivity contribution in [2.45, 2.75) is 109 Å². The highest BCUT2D eigenvalue weighted by molar-refractivity contribution is 6.15. The van der Waals surface area contributed by atoms with Gasteiger partial charge < -0.3 is 48.6 Å². The average molecular weight is 974 g/mol. The number of hydroxylamine groups is 2. The number of amides is 3. The number of aliphatic hydroxyl groups is 1. The minimum Gasteiger partial charge on any atom is -0.493 e. The number of carbonyl (C=O) groups excluding carboxylic acids is 4. The number of aliphatic imine (C=N–C) groups is 1. The molecule has 4 aromatic carbocycles. The topological polar surface area (TPSA) is 187 Å². The van der Waals surface area contributed by atoms with Crippen molar-refractivity contribution < 1.29 is 57.5 Å². The third-order valence-corrected chi connectivity index (χ3v) is 14.5. The summed E-state index contributed by atoms with van der Waals surface area (Å²) in [6.45, 7) is 9.95. The van der Waals surface area contributed by atoms with Gasteiger partial charge in [-0.25, -0.2) is 4.79 Å². The van der Waals surface area contributed by atoms with E-state index in [9.17, 15) is 24.3 Å². The van der Waals surface area contributed by atoms with Crippen molar-refractivity contribution in [3.05, 3.63) is 89.0 Å². The highest BCUT2D eigenvalue weighted by atomic mass is 16.7. The molecule has 71 heavy (non-hydrogen) atoms. The summed E-state index contributed by atoms with van der Waals surface area (Å²) in [6.07, 6.45) is 4.77. The minimum absolute atomic E-state index is 0.0249. The Morgan fingerprint density at radius 1 is 0.803 bits per heavy atom. The summed E-state index contributed by atoms with van der Waals surface area (Å²) < 4.78 is 36.8. The molecule has 376 valence electrons. The number of nitrogens with zero attached hydrogens (tertiary/aromatic N) is 4. The molecule has 2 N–H and O–H groups in total. The van der Waals surface area contributed by atoms with Crippen molar-refractivity contribution in [3.63, 3.8) is 0 Å². The van der Waals surface area contributed by atoms with Gasteiger partial charge in [-0.2, -0.15) is 0 Å². The van der Waals surface area contributed by atoms with Crippen LogP contribution in [0, 0.1) is 5.41 Å². The fourth-order valence-corrected chi connectivity index (χ4v) is 9.62. The zero-order valence-electron chi connectivity index (χ0n) is 41.3. The van der Waals surface area contributed by atoms with Crippen LogP contribution in [0.1, 0.15) is 104 Å². The molecule has 0 bridgehead atoms. The smallest absolute Gasteiger partial charge is 0.332 e. The van der Waals surface area contributed by atoms with Crippen LogP contribution in [0.15, 0.2) is 71.7 Å². The molecule has 0 radical (unpaired) electrons. The zero-order valence-corrected chi connectivity index (χ0v) is 41.3. The van der Waals surface area contributed by atoms with E-state index in [1.165, 1.54) is 0 Å². The molecule has 0 aromatic heterocycles. The molecule has 0 saturated carbocycles. The van der Waals surface area contributed by atoms with E-state index in [-0.39, 0.29) is 48.6 Å². The van der Waals surface area contributed by atoms with Crippen LogP contribution in [0.25, 0.3) is 0 Å². The third-order valence-electron chi connectivity index (χ3n) is 14.5. The van der Waals surface area contributed by atoms with E-state index in [4.69, 9.17) is 38.3 Å². The average Bonchev–Trinajstić information content (AvgIpc) is 3.99. The highest BCUT2D eigenvalue weighted by Gasteiger charge is 2.40. The SMILES string of the molecule is CCC(C)(COc1ccc2c(c1)N1C(=O)c3cc(OC)c(OCCCOc4cc5c(cc4OC)C(=O)N4c6ccccc6C[C@H]4C=N5)cc3NC[C@@H]1C2)COC(C)(CC)CCC(=O)ON1C(=O)CCC1O. The van der Waals surface area contributed by atoms with E-state index in [1.54, 1.807) is 37.3 Å². The molecular formula is C54H63N5O12. The number of para-hydroxylation sites is 1. The lowest BCUT2D eigenvalue weighted by Crippen LogP contribution is -2.39. The van der Waals surface area contributed by atoms with E-state index < -0.39 is 23.7 Å². The first-order valence-corrected chi connectivity index (χ1v) is 24.6. The van der Waals surface area contributed by atoms with Crippen molar-refractivity contribution in [3.8, 4) is 28.7 Å². The van der Waals surface area contributed by atoms with Crippen LogP contribution < -0.4 is 38.8 Å². The van der Waals surface area contributed by atoms with Crippen LogP contribution in [-0.4, -0.2) is 111 Å². The zero-order chi connectivity index (χ0) is 50.0. The fraction of sp³-hybridized carbons (Fsp3) is 0.463. The molecule has 0 spiro atoms. The lowest BCUT2D eigenvalue weighted by Gasteiger charge is -2.35. The number of anilines is 3. The van der Waals surface area contributed by atoms with Gasteiger partial charge in [0.25, 0.3) is 17.7 Å². The third kappa shape index (κ3) is 10.1. The molecule has 3 unspecified atom stereocenters. The van der Waals surface area contributed by atoms with Gasteiger partial charge in [0.2, 0.25) is 0 Å². The van der Waals surface area contributed by atoms with Gasteiger partial charge >= 0.3 is 5.97 Å². The maximum Gasteiger partial charge on any atom is 0.332 e. The van der Waals surface area contributed by atoms with Gasteiger partial charge in [0, 0.05) is 67.7 Å². The molecule has 1 fully saturated rings. The van der Waals surface area contributed by atoms with E-state index in [2.05, 4.69) is 19.2 Å². The van der Waals surface area contributed by atoms with E-state index >= 15 is 0 Å². The Labute approximate surface area is 413 Å². The molecule has 5 aliphatic rings. The van der Waals surface area contributed by atoms with Crippen LogP contribution in [0.3, 0.4) is 0 Å². The van der Waals surface area contributed by atoms with Crippen molar-refractivity contribution >= 4 is 52.7 Å². The number of ether oxygens (including phenoxy) is 6. The first kappa shape index (κ1) is 49.1. The molecule has 5 atom stereocenters. The number of rotatable bonds is 20. The minimum atomic E-state index is -1.11. The number of carbonyl (C=O) groups is 4. The molecule has 5 aliphatic heterocycles. The standard InChI is InChI=1S/C54H63N5O12/c1-7-53(3,32-70-54(4,8-2)19-18-50(62)71-59-48(60)16-17-49(59)61)31-69-37-15-14-34-23-36-30-56-41-28-47(45(66-6)26-39(41)52(64)58(36)43(34)24-37)68-21-11-20-67-46-27-40-38(25-44(46)65-5)51(63)57-35(29-55-40)22-33-12-9-10-13-42(33)57/h9-10,12-15,24-29,35-36,48,56,60H,7-8,11,16-23,30-32H2,1-6H3/t35-,36-,48?,53?,54?/m0/s1. The Balaban J connectivity index is 0.796. The Kier molecular flexibility index (Phi) is 14.2. The number of hydrogen-bond donors (Lipinski definition) is 2. The van der Waals surface area contributed by atoms with E-state index in [1.807, 2.05) is 73.5 Å². The second-order valence-electron chi connectivity index (χ2n) is 19.4. The normalized spacial score (nSPS) is 20.2. The second kappa shape index (κ2) is 20.5. The van der Waals surface area contributed by atoms with Gasteiger partial charge in [0.1, 0.15) is 5.75 Å². The Bertz CT molecular complexity index is 2730. The maximum absolute atomic E-state index is 14.5. The molecule has 1 saturated heterocycles. The number of hydrogen-bond acceptors (Lipinski definition) is 14. The van der Waals surface area contributed by atoms with E-state index in [0.717, 1.165) is 34.0 Å². The molecular weight excluding hydrogens is 911 g/mol. The maximum atomic E-state index is 14.5. The van der Waals surface area contributed by atoms with Gasteiger partial charge in [-0.3, -0.25) is 24.3 Å². The monoisotopic (exact) mass is 973 g/mol. The van der Waals surface area contributed by atoms with Crippen LogP contribution in [0.4, 0.5) is 22.7 Å². The van der Waals surface area contributed by atoms with Gasteiger partial charge in [-0.05, 0) is 68.0 Å². The predicted molar refractivity (Wildman–Crippen MR) is 266 cm³/mol. The van der Waals surface area contributed by atoms with Crippen LogP contribution in [0.5, 0.6) is 28.7 Å². The van der Waals surface area contributed by atoms with Crippen molar-refractivity contribution in [1.82, 2.24) is 5.06 Å². The van der Waals surface area contributed by atoms with Crippen LogP contribution in [-0.2, 0) is 32.0 Å². The summed E-state index contributed by atoms with van der Waals surface area (Å²) in [7, 11) is 3.09. The largest absolute Gasteiger partial charge is 0.493 e. The summed E-state index contributed by atoms with van der Waals surface area (Å²) in [6, 6.07) is 20.5. The first-order chi connectivity index (χ1) is 34.2. The van der Waals surface area contributed by atoms with Gasteiger partial charge in [-0.1, -0.05) is 45.0 Å². The van der Waals surface area contributed by atoms with E-state index in [0.29, 0.717) is 116 Å². The van der Waals surface area contributed by atoms with Crippen molar-refractivity contribution in [1.29, 1.82) is 0 Å². The summed E-state index contributed by atoms with van der Waals surface area (Å²) in [5.41, 5.74) is 4.92. The van der Waals surface area contributed by atoms with Crippen molar-refractivity contribution in [2.75, 3.05) is 62.3 Å². The van der Waals surface area contributed by atoms with Gasteiger partial charge in [-0.15, -0.1) is 5.06 Å². The predicted octanol–water partition coefficient (Wildman–Crippen LogP) is 8.00. The fourth-order valence-electron chi connectivity index (χ4n) is 9.62. The Morgan fingerprint density at radius 3 is 2.24 bits per heavy atom. The molecule has 9 rings (SSSR count). The molecule has 0 aliphatic carbocycles. The van der Waals surface area contributed by atoms with Crippen LogP contribution >= 0.6 is 0 Å². The Hall–Kier alpha value is -6.85. The first-order valence-electron chi connectivity index (χ1n) is 24.6. The summed E-state index contributed by atoms with van der Waals surface area (Å²) in [4.78, 5) is 66.4.